The van der Waals surface area contributed by atoms with Crippen LogP contribution in [0.1, 0.15) is 26.3 Å². The Morgan fingerprint density at radius 3 is 2.52 bits per heavy atom. The molecule has 2 heterocycles. The van der Waals surface area contributed by atoms with E-state index in [9.17, 15) is 14.4 Å². The van der Waals surface area contributed by atoms with Crippen LogP contribution in [0.3, 0.4) is 0 Å². The molecular weight excluding hydrogens is 350 g/mol. The Hall–Kier alpha value is -2.77. The number of piperazine rings is 1. The maximum absolute atomic E-state index is 12.5. The van der Waals surface area contributed by atoms with Crippen molar-refractivity contribution in [1.82, 2.24) is 15.1 Å². The molecule has 3 rings (SSSR count). The van der Waals surface area contributed by atoms with E-state index in [2.05, 4.69) is 5.32 Å². The highest BCUT2D eigenvalue weighted by Crippen LogP contribution is 2.23. The Bertz CT molecular complexity index is 716. The second-order valence-electron chi connectivity index (χ2n) is 7.79. The second-order valence-corrected chi connectivity index (χ2v) is 7.79. The highest BCUT2D eigenvalue weighted by Gasteiger charge is 2.46. The van der Waals surface area contributed by atoms with Gasteiger partial charge in [-0.3, -0.25) is 9.69 Å². The Morgan fingerprint density at radius 1 is 1.15 bits per heavy atom. The van der Waals surface area contributed by atoms with Crippen LogP contribution in [0.15, 0.2) is 30.3 Å². The molecule has 1 N–H and O–H groups in total. The van der Waals surface area contributed by atoms with E-state index in [1.807, 2.05) is 30.3 Å². The molecule has 0 spiro atoms. The van der Waals surface area contributed by atoms with Gasteiger partial charge in [-0.1, -0.05) is 30.3 Å². The van der Waals surface area contributed by atoms with E-state index >= 15 is 0 Å². The third kappa shape index (κ3) is 4.69. The first kappa shape index (κ1) is 19.0. The minimum Gasteiger partial charge on any atom is -0.445 e. The zero-order chi connectivity index (χ0) is 19.6. The van der Waals surface area contributed by atoms with E-state index in [1.54, 1.807) is 20.8 Å². The summed E-state index contributed by atoms with van der Waals surface area (Å²) in [4.78, 5) is 39.8. The first-order valence-corrected chi connectivity index (χ1v) is 8.97. The van der Waals surface area contributed by atoms with Gasteiger partial charge in [0.05, 0.1) is 12.1 Å². The maximum Gasteiger partial charge on any atom is 0.411 e. The van der Waals surface area contributed by atoms with Gasteiger partial charge in [-0.2, -0.15) is 0 Å². The summed E-state index contributed by atoms with van der Waals surface area (Å²) in [5.74, 6) is -0.262. The molecule has 0 bridgehead atoms. The quantitative estimate of drug-likeness (QED) is 0.851. The third-order valence-electron chi connectivity index (χ3n) is 4.44. The Morgan fingerprint density at radius 2 is 1.85 bits per heavy atom. The number of amides is 3. The molecule has 3 amide bonds. The zero-order valence-electron chi connectivity index (χ0n) is 15.8. The SMILES string of the molecule is CC(C)(C)OC(=O)N1CC(=O)N[C@H]2CN(C(=O)OCc3ccccc3)C[C@@H]21. The number of likely N-dealkylation sites (tertiary alicyclic amines) is 1. The van der Waals surface area contributed by atoms with Crippen LogP contribution in [-0.2, 0) is 20.9 Å². The lowest BCUT2D eigenvalue weighted by Crippen LogP contribution is -2.62. The average Bonchev–Trinajstić information content (AvgIpc) is 3.02. The molecule has 8 heteroatoms. The van der Waals surface area contributed by atoms with Crippen molar-refractivity contribution in [3.8, 4) is 0 Å². The first-order valence-electron chi connectivity index (χ1n) is 8.97. The molecule has 0 aliphatic carbocycles. The smallest absolute Gasteiger partial charge is 0.411 e. The number of benzene rings is 1. The van der Waals surface area contributed by atoms with Crippen LogP contribution in [-0.4, -0.2) is 65.2 Å². The molecule has 2 aliphatic heterocycles. The van der Waals surface area contributed by atoms with Crippen LogP contribution in [0, 0.1) is 0 Å². The predicted octanol–water partition coefficient (Wildman–Crippen LogP) is 1.74. The summed E-state index contributed by atoms with van der Waals surface area (Å²) in [6.45, 7) is 5.99. The second kappa shape index (κ2) is 7.46. The number of rotatable bonds is 2. The van der Waals surface area contributed by atoms with Crippen LogP contribution in [0.2, 0.25) is 0 Å². The van der Waals surface area contributed by atoms with E-state index in [0.29, 0.717) is 6.54 Å². The van der Waals surface area contributed by atoms with Crippen LogP contribution >= 0.6 is 0 Å². The molecule has 2 aliphatic rings. The summed E-state index contributed by atoms with van der Waals surface area (Å²) >= 11 is 0. The normalized spacial score (nSPS) is 22.1. The van der Waals surface area contributed by atoms with Crippen LogP contribution in [0.25, 0.3) is 0 Å². The Labute approximate surface area is 158 Å². The Balaban J connectivity index is 1.63. The summed E-state index contributed by atoms with van der Waals surface area (Å²) in [6.07, 6.45) is -1.02. The Kier molecular flexibility index (Phi) is 5.25. The molecule has 2 saturated heterocycles. The van der Waals surface area contributed by atoms with Gasteiger partial charge in [0.1, 0.15) is 18.8 Å². The van der Waals surface area contributed by atoms with Gasteiger partial charge < -0.3 is 19.7 Å². The molecule has 0 unspecified atom stereocenters. The topological polar surface area (TPSA) is 88.2 Å². The standard InChI is InChI=1S/C19H25N3O5/c1-19(2,3)27-18(25)22-11-16(23)20-14-9-21(10-15(14)22)17(24)26-12-13-7-5-4-6-8-13/h4-8,14-15H,9-12H2,1-3H3,(H,20,23)/t14-,15-/m0/s1. The van der Waals surface area contributed by atoms with Crippen LogP contribution in [0.4, 0.5) is 9.59 Å². The molecule has 0 saturated carbocycles. The van der Waals surface area contributed by atoms with Crippen molar-refractivity contribution >= 4 is 18.1 Å². The van der Waals surface area contributed by atoms with Crippen LogP contribution < -0.4 is 5.32 Å². The van der Waals surface area contributed by atoms with Gasteiger partial charge in [-0.05, 0) is 26.3 Å². The highest BCUT2D eigenvalue weighted by atomic mass is 16.6. The fraction of sp³-hybridized carbons (Fsp3) is 0.526. The van der Waals surface area contributed by atoms with Crippen molar-refractivity contribution in [1.29, 1.82) is 0 Å². The van der Waals surface area contributed by atoms with Gasteiger partial charge in [0.25, 0.3) is 0 Å². The van der Waals surface area contributed by atoms with Crippen molar-refractivity contribution < 1.29 is 23.9 Å². The van der Waals surface area contributed by atoms with Gasteiger partial charge in [-0.25, -0.2) is 9.59 Å². The molecule has 1 aromatic rings. The highest BCUT2D eigenvalue weighted by molar-refractivity contribution is 5.85. The molecule has 2 fully saturated rings. The number of hydrogen-bond acceptors (Lipinski definition) is 5. The summed E-state index contributed by atoms with van der Waals surface area (Å²) < 4.78 is 10.8. The van der Waals surface area contributed by atoms with Gasteiger partial charge in [0.2, 0.25) is 5.91 Å². The number of carbonyl (C=O) groups excluding carboxylic acids is 3. The maximum atomic E-state index is 12.5. The molecule has 8 nitrogen and oxygen atoms in total. The average molecular weight is 375 g/mol. The predicted molar refractivity (Wildman–Crippen MR) is 96.9 cm³/mol. The molecule has 0 aromatic heterocycles. The number of nitrogens with one attached hydrogen (secondary N) is 1. The van der Waals surface area contributed by atoms with E-state index in [4.69, 9.17) is 9.47 Å². The molecule has 2 atom stereocenters. The molecule has 0 radical (unpaired) electrons. The molecular formula is C19H25N3O5. The van der Waals surface area contributed by atoms with E-state index in [1.165, 1.54) is 9.80 Å². The van der Waals surface area contributed by atoms with Gasteiger partial charge in [0.15, 0.2) is 0 Å². The third-order valence-corrected chi connectivity index (χ3v) is 4.44. The molecule has 146 valence electrons. The largest absolute Gasteiger partial charge is 0.445 e. The molecule has 27 heavy (non-hydrogen) atoms. The lowest BCUT2D eigenvalue weighted by molar-refractivity contribution is -0.126. The lowest BCUT2D eigenvalue weighted by atomic mass is 10.1. The van der Waals surface area contributed by atoms with Crippen molar-refractivity contribution in [3.05, 3.63) is 35.9 Å². The van der Waals surface area contributed by atoms with Crippen molar-refractivity contribution in [3.63, 3.8) is 0 Å². The lowest BCUT2D eigenvalue weighted by Gasteiger charge is -2.37. The molecule has 1 aromatic carbocycles. The zero-order valence-corrected chi connectivity index (χ0v) is 15.8. The number of nitrogens with zero attached hydrogens (tertiary/aromatic N) is 2. The minimum absolute atomic E-state index is 0.0804. The monoisotopic (exact) mass is 375 g/mol. The fourth-order valence-electron chi connectivity index (χ4n) is 3.25. The first-order chi connectivity index (χ1) is 12.7. The van der Waals surface area contributed by atoms with E-state index < -0.39 is 17.8 Å². The minimum atomic E-state index is -0.659. The summed E-state index contributed by atoms with van der Waals surface area (Å²) in [5.41, 5.74) is 0.235. The van der Waals surface area contributed by atoms with E-state index in [0.717, 1.165) is 5.56 Å². The number of hydrogen-bond donors (Lipinski definition) is 1. The van der Waals surface area contributed by atoms with Crippen molar-refractivity contribution in [2.24, 2.45) is 0 Å². The van der Waals surface area contributed by atoms with Gasteiger partial charge in [0, 0.05) is 13.1 Å². The van der Waals surface area contributed by atoms with Crippen LogP contribution in [0.5, 0.6) is 0 Å². The van der Waals surface area contributed by atoms with E-state index in [-0.39, 0.29) is 37.7 Å². The summed E-state index contributed by atoms with van der Waals surface area (Å²) in [7, 11) is 0. The summed E-state index contributed by atoms with van der Waals surface area (Å²) in [5, 5.41) is 2.85. The van der Waals surface area contributed by atoms with Crippen molar-refractivity contribution in [2.75, 3.05) is 19.6 Å². The number of carbonyl (C=O) groups is 3. The number of ether oxygens (including phenoxy) is 2. The number of fused-ring (bicyclic) bond motifs is 1. The van der Waals surface area contributed by atoms with Gasteiger partial charge >= 0.3 is 12.2 Å². The fourth-order valence-corrected chi connectivity index (χ4v) is 3.25. The van der Waals surface area contributed by atoms with Crippen molar-refractivity contribution in [2.45, 2.75) is 45.1 Å². The van der Waals surface area contributed by atoms with Gasteiger partial charge in [-0.15, -0.1) is 0 Å². The summed E-state index contributed by atoms with van der Waals surface area (Å²) in [6, 6.07) is 8.74.